The van der Waals surface area contributed by atoms with E-state index >= 15 is 0 Å². The van der Waals surface area contributed by atoms with Crippen LogP contribution in [0.15, 0.2) is 21.2 Å². The summed E-state index contributed by atoms with van der Waals surface area (Å²) in [6.45, 7) is 7.48. The Morgan fingerprint density at radius 3 is 2.62 bits per heavy atom. The van der Waals surface area contributed by atoms with Crippen molar-refractivity contribution in [3.8, 4) is 0 Å². The van der Waals surface area contributed by atoms with Crippen LogP contribution in [0.4, 0.5) is 11.5 Å². The van der Waals surface area contributed by atoms with Crippen molar-refractivity contribution >= 4 is 27.4 Å². The van der Waals surface area contributed by atoms with E-state index in [4.69, 9.17) is 4.42 Å². The number of nitrogens with one attached hydrogen (secondary N) is 1. The number of furan rings is 1. The first kappa shape index (κ1) is 15.5. The molecule has 0 bridgehead atoms. The summed E-state index contributed by atoms with van der Waals surface area (Å²) in [4.78, 5) is 14.6. The minimum atomic E-state index is -0.441. The van der Waals surface area contributed by atoms with E-state index in [0.29, 0.717) is 15.9 Å². The molecule has 0 aliphatic heterocycles. The minimum Gasteiger partial charge on any atom is -0.466 e. The van der Waals surface area contributed by atoms with Crippen LogP contribution in [-0.4, -0.2) is 9.91 Å². The summed E-state index contributed by atoms with van der Waals surface area (Å²) in [6, 6.07) is 1.95. The molecule has 21 heavy (non-hydrogen) atoms. The Kier molecular flexibility index (Phi) is 4.32. The van der Waals surface area contributed by atoms with E-state index < -0.39 is 4.92 Å². The molecule has 2 aromatic heterocycles. The van der Waals surface area contributed by atoms with Crippen molar-refractivity contribution < 1.29 is 9.34 Å². The lowest BCUT2D eigenvalue weighted by Gasteiger charge is -2.15. The number of hydrogen-bond donors (Lipinski definition) is 1. The lowest BCUT2D eigenvalue weighted by Crippen LogP contribution is -2.09. The Hall–Kier alpha value is -1.89. The molecule has 112 valence electrons. The van der Waals surface area contributed by atoms with Crippen LogP contribution in [0.25, 0.3) is 0 Å². The van der Waals surface area contributed by atoms with Crippen molar-refractivity contribution in [1.29, 1.82) is 0 Å². The molecule has 6 nitrogen and oxygen atoms in total. The highest BCUT2D eigenvalue weighted by Gasteiger charge is 2.19. The molecular formula is C14H16BrN3O3. The molecule has 1 atom stereocenters. The number of anilines is 1. The first-order chi connectivity index (χ1) is 9.81. The van der Waals surface area contributed by atoms with E-state index in [-0.39, 0.29) is 11.7 Å². The maximum absolute atomic E-state index is 10.9. The predicted molar refractivity (Wildman–Crippen MR) is 83.5 cm³/mol. The SMILES string of the molecule is Cc1cc(C(C)Nc2ncc([N+](=O)[O-])c(C)c2Br)c(C)o1. The summed E-state index contributed by atoms with van der Waals surface area (Å²) in [5.74, 6) is 2.27. The second-order valence-corrected chi connectivity index (χ2v) is 5.72. The van der Waals surface area contributed by atoms with Crippen molar-refractivity contribution in [1.82, 2.24) is 4.98 Å². The predicted octanol–water partition coefficient (Wildman–Crippen LogP) is 4.44. The van der Waals surface area contributed by atoms with Crippen LogP contribution in [0.3, 0.4) is 0 Å². The standard InChI is InChI=1S/C14H16BrN3O3/c1-7-5-11(10(4)21-7)9(3)17-14-13(15)8(2)12(6-16-14)18(19)20/h5-6,9H,1-4H3,(H,16,17). The summed E-state index contributed by atoms with van der Waals surface area (Å²) >= 11 is 3.37. The summed E-state index contributed by atoms with van der Waals surface area (Å²) < 4.78 is 6.11. The number of halogens is 1. The zero-order valence-corrected chi connectivity index (χ0v) is 13.8. The molecule has 1 unspecified atom stereocenters. The molecule has 0 spiro atoms. The molecule has 2 aromatic rings. The highest BCUT2D eigenvalue weighted by atomic mass is 79.9. The van der Waals surface area contributed by atoms with E-state index in [2.05, 4.69) is 26.2 Å². The summed E-state index contributed by atoms with van der Waals surface area (Å²) in [5.41, 5.74) is 1.58. The number of nitro groups is 1. The van der Waals surface area contributed by atoms with Crippen molar-refractivity contribution in [3.63, 3.8) is 0 Å². The second kappa shape index (κ2) is 5.85. The normalized spacial score (nSPS) is 12.2. The van der Waals surface area contributed by atoms with Gasteiger partial charge < -0.3 is 9.73 Å². The average Bonchev–Trinajstić information content (AvgIpc) is 2.74. The molecule has 0 aromatic carbocycles. The second-order valence-electron chi connectivity index (χ2n) is 4.92. The van der Waals surface area contributed by atoms with Crippen LogP contribution < -0.4 is 5.32 Å². The fourth-order valence-electron chi connectivity index (χ4n) is 2.22. The van der Waals surface area contributed by atoms with Crippen molar-refractivity contribution in [3.05, 3.63) is 49.5 Å². The van der Waals surface area contributed by atoms with Gasteiger partial charge in [-0.3, -0.25) is 10.1 Å². The number of aromatic nitrogens is 1. The fourth-order valence-corrected chi connectivity index (χ4v) is 2.64. The average molecular weight is 354 g/mol. The highest BCUT2D eigenvalue weighted by Crippen LogP contribution is 2.33. The molecule has 7 heteroatoms. The number of pyridine rings is 1. The van der Waals surface area contributed by atoms with Crippen molar-refractivity contribution in [2.24, 2.45) is 0 Å². The first-order valence-electron chi connectivity index (χ1n) is 6.44. The van der Waals surface area contributed by atoms with Gasteiger partial charge in [-0.15, -0.1) is 0 Å². The summed E-state index contributed by atoms with van der Waals surface area (Å²) in [5, 5.41) is 14.1. The molecule has 0 amide bonds. The van der Waals surface area contributed by atoms with Crippen LogP contribution in [0.2, 0.25) is 0 Å². The number of hydrogen-bond acceptors (Lipinski definition) is 5. The smallest absolute Gasteiger partial charge is 0.291 e. The fraction of sp³-hybridized carbons (Fsp3) is 0.357. The summed E-state index contributed by atoms with van der Waals surface area (Å²) in [6.07, 6.45) is 1.27. The van der Waals surface area contributed by atoms with Crippen LogP contribution in [-0.2, 0) is 0 Å². The Morgan fingerprint density at radius 2 is 2.10 bits per heavy atom. The minimum absolute atomic E-state index is 0.00425. The third kappa shape index (κ3) is 3.07. The molecule has 1 N–H and O–H groups in total. The molecule has 0 radical (unpaired) electrons. The van der Waals surface area contributed by atoms with Crippen molar-refractivity contribution in [2.75, 3.05) is 5.32 Å². The van der Waals surface area contributed by atoms with Gasteiger partial charge in [0.15, 0.2) is 0 Å². The summed E-state index contributed by atoms with van der Waals surface area (Å²) in [7, 11) is 0. The molecule has 0 saturated heterocycles. The van der Waals surface area contributed by atoms with E-state index in [9.17, 15) is 10.1 Å². The van der Waals surface area contributed by atoms with E-state index in [1.54, 1.807) is 6.92 Å². The van der Waals surface area contributed by atoms with Gasteiger partial charge in [0, 0.05) is 11.1 Å². The van der Waals surface area contributed by atoms with Gasteiger partial charge in [-0.2, -0.15) is 0 Å². The van der Waals surface area contributed by atoms with Gasteiger partial charge in [0.25, 0.3) is 5.69 Å². The van der Waals surface area contributed by atoms with Gasteiger partial charge >= 0.3 is 0 Å². The van der Waals surface area contributed by atoms with Gasteiger partial charge in [0.1, 0.15) is 23.5 Å². The highest BCUT2D eigenvalue weighted by molar-refractivity contribution is 9.10. The zero-order chi connectivity index (χ0) is 15.7. The largest absolute Gasteiger partial charge is 0.466 e. The van der Waals surface area contributed by atoms with Gasteiger partial charge in [-0.05, 0) is 49.7 Å². The van der Waals surface area contributed by atoms with Crippen LogP contribution in [0.1, 0.15) is 35.6 Å². The Balaban J connectivity index is 2.30. The van der Waals surface area contributed by atoms with Gasteiger partial charge in [-0.1, -0.05) is 0 Å². The maximum Gasteiger partial charge on any atom is 0.291 e. The number of rotatable bonds is 4. The Morgan fingerprint density at radius 1 is 1.43 bits per heavy atom. The van der Waals surface area contributed by atoms with E-state index in [1.165, 1.54) is 6.20 Å². The topological polar surface area (TPSA) is 81.2 Å². The molecular weight excluding hydrogens is 338 g/mol. The molecule has 0 fully saturated rings. The van der Waals surface area contributed by atoms with Crippen LogP contribution in [0.5, 0.6) is 0 Å². The first-order valence-corrected chi connectivity index (χ1v) is 7.23. The third-order valence-corrected chi connectivity index (χ3v) is 4.30. The number of nitrogens with zero attached hydrogens (tertiary/aromatic N) is 2. The van der Waals surface area contributed by atoms with Gasteiger partial charge in [0.2, 0.25) is 0 Å². The number of aryl methyl sites for hydroxylation is 2. The quantitative estimate of drug-likeness (QED) is 0.648. The van der Waals surface area contributed by atoms with E-state index in [0.717, 1.165) is 17.1 Å². The third-order valence-electron chi connectivity index (χ3n) is 3.33. The Bertz CT molecular complexity index is 697. The molecule has 2 heterocycles. The maximum atomic E-state index is 10.9. The van der Waals surface area contributed by atoms with Crippen molar-refractivity contribution in [2.45, 2.75) is 33.7 Å². The lowest BCUT2D eigenvalue weighted by atomic mass is 10.1. The zero-order valence-electron chi connectivity index (χ0n) is 12.2. The lowest BCUT2D eigenvalue weighted by molar-refractivity contribution is -0.385. The monoisotopic (exact) mass is 353 g/mol. The Labute approximate surface area is 130 Å². The van der Waals surface area contributed by atoms with Gasteiger partial charge in [0.05, 0.1) is 15.4 Å². The van der Waals surface area contributed by atoms with Crippen LogP contribution >= 0.6 is 15.9 Å². The molecule has 0 saturated carbocycles. The van der Waals surface area contributed by atoms with Gasteiger partial charge in [-0.25, -0.2) is 4.98 Å². The molecule has 0 aliphatic carbocycles. The van der Waals surface area contributed by atoms with E-state index in [1.807, 2.05) is 26.8 Å². The molecule has 0 aliphatic rings. The molecule has 2 rings (SSSR count). The van der Waals surface area contributed by atoms with Crippen LogP contribution in [0, 0.1) is 30.9 Å².